The molecule has 0 saturated carbocycles. The lowest BCUT2D eigenvalue weighted by molar-refractivity contribution is 0.0911. The molecule has 1 aromatic heterocycles. The molecule has 0 fully saturated rings. The number of hydrogen-bond acceptors (Lipinski definition) is 2. The summed E-state index contributed by atoms with van der Waals surface area (Å²) < 4.78 is 8.36. The van der Waals surface area contributed by atoms with Gasteiger partial charge in [0.1, 0.15) is 5.75 Å². The van der Waals surface area contributed by atoms with Gasteiger partial charge in [0.2, 0.25) is 0 Å². The zero-order valence-electron chi connectivity index (χ0n) is 16.1. The Bertz CT molecular complexity index is 785. The van der Waals surface area contributed by atoms with E-state index < -0.39 is 0 Å². The monoisotopic (exact) mass is 339 g/mol. The molecule has 1 heterocycles. The number of aromatic nitrogens is 1. The van der Waals surface area contributed by atoms with Crippen LogP contribution in [0.5, 0.6) is 5.75 Å². The summed E-state index contributed by atoms with van der Waals surface area (Å²) in [5.74, 6) is 1.67. The maximum Gasteiger partial charge on any atom is 0.165 e. The first kappa shape index (κ1) is 17.8. The highest BCUT2D eigenvalue weighted by Crippen LogP contribution is 2.39. The molecule has 134 valence electrons. The van der Waals surface area contributed by atoms with E-state index in [2.05, 4.69) is 45.3 Å². The topological polar surface area (TPSA) is 31.2 Å². The molecule has 1 aliphatic carbocycles. The van der Waals surface area contributed by atoms with E-state index in [0.29, 0.717) is 18.9 Å². The molecular weight excluding hydrogens is 310 g/mol. The molecule has 3 nitrogen and oxygen atoms in total. The van der Waals surface area contributed by atoms with Gasteiger partial charge in [-0.15, -0.1) is 0 Å². The van der Waals surface area contributed by atoms with Gasteiger partial charge in [0.05, 0.1) is 12.3 Å². The predicted molar refractivity (Wildman–Crippen MR) is 102 cm³/mol. The van der Waals surface area contributed by atoms with Crippen LogP contribution >= 0.6 is 0 Å². The highest BCUT2D eigenvalue weighted by Gasteiger charge is 2.34. The first-order valence-corrected chi connectivity index (χ1v) is 9.29. The van der Waals surface area contributed by atoms with Crippen molar-refractivity contribution in [2.75, 3.05) is 6.61 Å². The highest BCUT2D eigenvalue weighted by molar-refractivity contribution is 5.99. The normalized spacial score (nSPS) is 17.2. The van der Waals surface area contributed by atoms with Gasteiger partial charge in [-0.25, -0.2) is 0 Å². The van der Waals surface area contributed by atoms with Crippen molar-refractivity contribution in [3.63, 3.8) is 0 Å². The Hall–Kier alpha value is -2.03. The van der Waals surface area contributed by atoms with Crippen LogP contribution in [-0.4, -0.2) is 17.0 Å². The van der Waals surface area contributed by atoms with Gasteiger partial charge >= 0.3 is 0 Å². The molecule has 1 atom stereocenters. The Morgan fingerprint density at radius 1 is 1.24 bits per heavy atom. The molecule has 1 unspecified atom stereocenters. The van der Waals surface area contributed by atoms with Crippen LogP contribution in [0.3, 0.4) is 0 Å². The Balaban J connectivity index is 2.05. The van der Waals surface area contributed by atoms with Crippen LogP contribution in [0.15, 0.2) is 30.3 Å². The number of carbonyl (C=O) groups is 1. The number of aryl methyl sites for hydroxylation is 1. The highest BCUT2D eigenvalue weighted by atomic mass is 16.5. The van der Waals surface area contributed by atoms with Crippen molar-refractivity contribution in [1.29, 1.82) is 0 Å². The number of ketones is 1. The third-order valence-corrected chi connectivity index (χ3v) is 5.20. The Kier molecular flexibility index (Phi) is 4.77. The lowest BCUT2D eigenvalue weighted by atomic mass is 9.76. The van der Waals surface area contributed by atoms with Crippen LogP contribution < -0.4 is 4.74 Å². The van der Waals surface area contributed by atoms with Crippen molar-refractivity contribution in [2.45, 2.75) is 53.9 Å². The van der Waals surface area contributed by atoms with Crippen LogP contribution in [-0.2, 0) is 6.42 Å². The number of benzene rings is 1. The fourth-order valence-electron chi connectivity index (χ4n) is 3.60. The van der Waals surface area contributed by atoms with E-state index in [-0.39, 0.29) is 11.2 Å². The fraction of sp³-hybridized carbons (Fsp3) is 0.500. The minimum absolute atomic E-state index is 0.000841. The molecular formula is C22H29NO2. The molecule has 1 aromatic carbocycles. The Morgan fingerprint density at radius 2 is 1.96 bits per heavy atom. The van der Waals surface area contributed by atoms with Gasteiger partial charge in [0.25, 0.3) is 0 Å². The van der Waals surface area contributed by atoms with Crippen LogP contribution in [0.2, 0.25) is 0 Å². The average molecular weight is 339 g/mol. The number of ether oxygens (including phenoxy) is 1. The van der Waals surface area contributed by atoms with Crippen molar-refractivity contribution in [3.8, 4) is 11.4 Å². The summed E-state index contributed by atoms with van der Waals surface area (Å²) in [5.41, 5.74) is 4.14. The second-order valence-electron chi connectivity index (χ2n) is 8.21. The molecule has 25 heavy (non-hydrogen) atoms. The Labute approximate surface area is 151 Å². The molecule has 0 amide bonds. The standard InChI is InChI=1S/C22H29NO2/c1-6-15(2)14-25-21-10-8-7-9-18(21)23-16(3)11-17-19(23)12-22(4,5)13-20(17)24/h7-11,15H,6,12-14H2,1-5H3. The molecule has 0 spiro atoms. The second kappa shape index (κ2) is 6.70. The van der Waals surface area contributed by atoms with Gasteiger partial charge < -0.3 is 9.30 Å². The van der Waals surface area contributed by atoms with E-state index in [1.165, 1.54) is 0 Å². The van der Waals surface area contributed by atoms with Crippen molar-refractivity contribution >= 4 is 5.78 Å². The number of Topliss-reactive ketones (excluding diaryl/α,β-unsaturated/α-hetero) is 1. The number of rotatable bonds is 5. The molecule has 0 radical (unpaired) electrons. The van der Waals surface area contributed by atoms with E-state index in [0.717, 1.165) is 41.2 Å². The van der Waals surface area contributed by atoms with Crippen molar-refractivity contribution in [3.05, 3.63) is 47.3 Å². The van der Waals surface area contributed by atoms with E-state index in [1.807, 2.05) is 24.3 Å². The summed E-state index contributed by atoms with van der Waals surface area (Å²) in [5, 5.41) is 0. The summed E-state index contributed by atoms with van der Waals surface area (Å²) in [6.45, 7) is 11.5. The summed E-state index contributed by atoms with van der Waals surface area (Å²) >= 11 is 0. The van der Waals surface area contributed by atoms with Gasteiger partial charge in [-0.05, 0) is 42.9 Å². The molecule has 0 aliphatic heterocycles. The zero-order valence-corrected chi connectivity index (χ0v) is 16.1. The number of carbonyl (C=O) groups excluding carboxylic acids is 1. The van der Waals surface area contributed by atoms with Crippen LogP contribution in [0.1, 0.15) is 62.3 Å². The average Bonchev–Trinajstić information content (AvgIpc) is 2.88. The lowest BCUT2D eigenvalue weighted by Gasteiger charge is -2.30. The fourth-order valence-corrected chi connectivity index (χ4v) is 3.60. The van der Waals surface area contributed by atoms with Gasteiger partial charge in [-0.1, -0.05) is 46.2 Å². The number of nitrogens with zero attached hydrogens (tertiary/aromatic N) is 1. The van der Waals surface area contributed by atoms with Crippen molar-refractivity contribution in [2.24, 2.45) is 11.3 Å². The summed E-state index contributed by atoms with van der Waals surface area (Å²) in [4.78, 5) is 12.6. The molecule has 0 bridgehead atoms. The van der Waals surface area contributed by atoms with E-state index in [4.69, 9.17) is 4.74 Å². The van der Waals surface area contributed by atoms with E-state index in [1.54, 1.807) is 0 Å². The van der Waals surface area contributed by atoms with Gasteiger partial charge in [0, 0.05) is 23.4 Å². The van der Waals surface area contributed by atoms with Crippen LogP contribution in [0.4, 0.5) is 0 Å². The summed E-state index contributed by atoms with van der Waals surface area (Å²) in [6.07, 6.45) is 2.63. The molecule has 3 rings (SSSR count). The minimum atomic E-state index is -0.000841. The maximum absolute atomic E-state index is 12.6. The number of para-hydroxylation sites is 2. The Morgan fingerprint density at radius 3 is 2.68 bits per heavy atom. The quantitative estimate of drug-likeness (QED) is 0.733. The van der Waals surface area contributed by atoms with Crippen molar-refractivity contribution in [1.82, 2.24) is 4.57 Å². The van der Waals surface area contributed by atoms with Gasteiger partial charge in [-0.3, -0.25) is 4.79 Å². The summed E-state index contributed by atoms with van der Waals surface area (Å²) in [6, 6.07) is 10.2. The molecule has 1 aliphatic rings. The molecule has 2 aromatic rings. The van der Waals surface area contributed by atoms with Gasteiger partial charge in [-0.2, -0.15) is 0 Å². The third-order valence-electron chi connectivity index (χ3n) is 5.20. The SMILES string of the molecule is CCC(C)COc1ccccc1-n1c(C)cc2c1CC(C)(C)CC2=O. The predicted octanol–water partition coefficient (Wildman–Crippen LogP) is 5.37. The first-order valence-electron chi connectivity index (χ1n) is 9.29. The maximum atomic E-state index is 12.6. The van der Waals surface area contributed by atoms with Gasteiger partial charge in [0.15, 0.2) is 5.78 Å². The summed E-state index contributed by atoms with van der Waals surface area (Å²) in [7, 11) is 0. The minimum Gasteiger partial charge on any atom is -0.491 e. The van der Waals surface area contributed by atoms with Crippen LogP contribution in [0.25, 0.3) is 5.69 Å². The number of fused-ring (bicyclic) bond motifs is 1. The smallest absolute Gasteiger partial charge is 0.165 e. The lowest BCUT2D eigenvalue weighted by Crippen LogP contribution is -2.28. The molecule has 0 saturated heterocycles. The van der Waals surface area contributed by atoms with Crippen molar-refractivity contribution < 1.29 is 9.53 Å². The molecule has 3 heteroatoms. The van der Waals surface area contributed by atoms with E-state index >= 15 is 0 Å². The third kappa shape index (κ3) is 3.51. The zero-order chi connectivity index (χ0) is 18.2. The van der Waals surface area contributed by atoms with Crippen LogP contribution in [0, 0.1) is 18.3 Å². The first-order chi connectivity index (χ1) is 11.8. The number of hydrogen-bond donors (Lipinski definition) is 0. The largest absolute Gasteiger partial charge is 0.491 e. The van der Waals surface area contributed by atoms with E-state index in [9.17, 15) is 4.79 Å². The second-order valence-corrected chi connectivity index (χ2v) is 8.21. The molecule has 0 N–H and O–H groups in total.